The van der Waals surface area contributed by atoms with Gasteiger partial charge in [0.2, 0.25) is 0 Å². The Bertz CT molecular complexity index is 892. The zero-order chi connectivity index (χ0) is 22.2. The summed E-state index contributed by atoms with van der Waals surface area (Å²) >= 11 is 5.71. The van der Waals surface area contributed by atoms with Crippen molar-refractivity contribution in [3.63, 3.8) is 0 Å². The lowest BCUT2D eigenvalue weighted by atomic mass is 9.92. The Morgan fingerprint density at radius 2 is 1.68 bits per heavy atom. The van der Waals surface area contributed by atoms with E-state index in [0.29, 0.717) is 42.1 Å². The van der Waals surface area contributed by atoms with E-state index in [0.717, 1.165) is 24.3 Å². The highest BCUT2D eigenvalue weighted by Gasteiger charge is 2.31. The van der Waals surface area contributed by atoms with Crippen LogP contribution in [0.5, 0.6) is 23.0 Å². The third kappa shape index (κ3) is 5.32. The molecule has 0 unspecified atom stereocenters. The molecule has 2 aromatic rings. The monoisotopic (exact) mass is 446 g/mol. The second-order valence-corrected chi connectivity index (χ2v) is 7.44. The van der Waals surface area contributed by atoms with Crippen LogP contribution in [0.3, 0.4) is 0 Å². The van der Waals surface area contributed by atoms with Crippen LogP contribution in [0, 0.1) is 0 Å². The zero-order valence-corrected chi connectivity index (χ0v) is 19.3. The third-order valence-electron chi connectivity index (χ3n) is 5.31. The summed E-state index contributed by atoms with van der Waals surface area (Å²) in [6.07, 6.45) is 0.840. The van der Waals surface area contributed by atoms with Crippen molar-refractivity contribution in [2.45, 2.75) is 12.5 Å². The number of para-hydroxylation sites is 2. The standard InChI is InChI=1S/C23H30N2O5S/c1-26-12-10-24-23(31)25-11-9-16-13-21(28-3)22(29-4)14-17(16)18(25)15-30-20-8-6-5-7-19(20)27-2/h5-8,13-14,18H,9-12,15H2,1-4H3,(H,24,31)/t18-/m1/s1. The van der Waals surface area contributed by atoms with Crippen LogP contribution in [-0.2, 0) is 11.2 Å². The molecule has 31 heavy (non-hydrogen) atoms. The van der Waals surface area contributed by atoms with Gasteiger partial charge in [-0.2, -0.15) is 0 Å². The maximum atomic E-state index is 6.21. The molecule has 0 radical (unpaired) electrons. The van der Waals surface area contributed by atoms with Gasteiger partial charge in [0.15, 0.2) is 28.1 Å². The van der Waals surface area contributed by atoms with Crippen LogP contribution in [-0.4, -0.2) is 64.8 Å². The van der Waals surface area contributed by atoms with Crippen molar-refractivity contribution >= 4 is 17.3 Å². The molecule has 0 saturated heterocycles. The molecule has 0 aromatic heterocycles. The number of nitrogens with zero attached hydrogens (tertiary/aromatic N) is 1. The lowest BCUT2D eigenvalue weighted by molar-refractivity contribution is 0.178. The number of hydrogen-bond acceptors (Lipinski definition) is 6. The van der Waals surface area contributed by atoms with Crippen LogP contribution in [0.2, 0.25) is 0 Å². The normalized spacial score (nSPS) is 15.1. The van der Waals surface area contributed by atoms with Gasteiger partial charge in [-0.15, -0.1) is 0 Å². The minimum absolute atomic E-state index is 0.101. The molecule has 8 heteroatoms. The number of fused-ring (bicyclic) bond motifs is 1. The van der Waals surface area contributed by atoms with E-state index >= 15 is 0 Å². The van der Waals surface area contributed by atoms with Gasteiger partial charge in [-0.25, -0.2) is 0 Å². The highest BCUT2D eigenvalue weighted by atomic mass is 32.1. The van der Waals surface area contributed by atoms with E-state index in [1.54, 1.807) is 28.4 Å². The minimum Gasteiger partial charge on any atom is -0.493 e. The summed E-state index contributed by atoms with van der Waals surface area (Å²) in [4.78, 5) is 2.16. The van der Waals surface area contributed by atoms with E-state index < -0.39 is 0 Å². The van der Waals surface area contributed by atoms with Gasteiger partial charge in [-0.05, 0) is 54.0 Å². The quantitative estimate of drug-likeness (QED) is 0.466. The average molecular weight is 447 g/mol. The first-order valence-corrected chi connectivity index (χ1v) is 10.6. The predicted octanol–water partition coefficient (Wildman–Crippen LogP) is 3.21. The van der Waals surface area contributed by atoms with Crippen LogP contribution in [0.1, 0.15) is 17.2 Å². The predicted molar refractivity (Wildman–Crippen MR) is 124 cm³/mol. The Hall–Kier alpha value is -2.71. The Kier molecular flexibility index (Phi) is 8.20. The minimum atomic E-state index is -0.101. The first-order chi connectivity index (χ1) is 15.1. The van der Waals surface area contributed by atoms with Gasteiger partial charge >= 0.3 is 0 Å². The van der Waals surface area contributed by atoms with Crippen LogP contribution in [0.15, 0.2) is 36.4 Å². The van der Waals surface area contributed by atoms with Crippen molar-refractivity contribution < 1.29 is 23.7 Å². The fraction of sp³-hybridized carbons (Fsp3) is 0.435. The molecule has 2 aromatic carbocycles. The topological polar surface area (TPSA) is 61.4 Å². The number of thiocarbonyl (C=S) groups is 1. The van der Waals surface area contributed by atoms with Crippen LogP contribution in [0.4, 0.5) is 0 Å². The molecule has 1 N–H and O–H groups in total. The number of hydrogen-bond donors (Lipinski definition) is 1. The zero-order valence-electron chi connectivity index (χ0n) is 18.5. The molecule has 0 saturated carbocycles. The highest BCUT2D eigenvalue weighted by Crippen LogP contribution is 2.39. The van der Waals surface area contributed by atoms with Crippen molar-refractivity contribution in [3.05, 3.63) is 47.5 Å². The summed E-state index contributed by atoms with van der Waals surface area (Å²) in [7, 11) is 6.60. The number of ether oxygens (including phenoxy) is 5. The number of methoxy groups -OCH3 is 4. The molecule has 0 bridgehead atoms. The van der Waals surface area contributed by atoms with Crippen molar-refractivity contribution in [3.8, 4) is 23.0 Å². The molecule has 0 spiro atoms. The van der Waals surface area contributed by atoms with Gasteiger partial charge in [0.1, 0.15) is 6.61 Å². The number of benzene rings is 2. The molecule has 7 nitrogen and oxygen atoms in total. The van der Waals surface area contributed by atoms with Crippen molar-refractivity contribution in [1.82, 2.24) is 10.2 Å². The largest absolute Gasteiger partial charge is 0.493 e. The lowest BCUT2D eigenvalue weighted by Crippen LogP contribution is -2.47. The first kappa shape index (κ1) is 23.0. The second kappa shape index (κ2) is 11.1. The summed E-state index contributed by atoms with van der Waals surface area (Å²) in [5.41, 5.74) is 2.30. The molecular formula is C23H30N2O5S. The smallest absolute Gasteiger partial charge is 0.169 e. The second-order valence-electron chi connectivity index (χ2n) is 7.05. The maximum Gasteiger partial charge on any atom is 0.169 e. The van der Waals surface area contributed by atoms with Gasteiger partial charge < -0.3 is 33.9 Å². The summed E-state index contributed by atoms with van der Waals surface area (Å²) < 4.78 is 27.8. The molecule has 168 valence electrons. The summed E-state index contributed by atoms with van der Waals surface area (Å²) in [5.74, 6) is 2.79. The lowest BCUT2D eigenvalue weighted by Gasteiger charge is -2.39. The van der Waals surface area contributed by atoms with E-state index in [1.165, 1.54) is 5.56 Å². The van der Waals surface area contributed by atoms with Crippen LogP contribution in [0.25, 0.3) is 0 Å². The first-order valence-electron chi connectivity index (χ1n) is 10.2. The van der Waals surface area contributed by atoms with Gasteiger partial charge in [0.05, 0.1) is 34.0 Å². The average Bonchev–Trinajstić information content (AvgIpc) is 2.81. The highest BCUT2D eigenvalue weighted by molar-refractivity contribution is 7.80. The van der Waals surface area contributed by atoms with E-state index in [-0.39, 0.29) is 6.04 Å². The molecule has 0 aliphatic carbocycles. The summed E-state index contributed by atoms with van der Waals surface area (Å²) in [6, 6.07) is 11.6. The SMILES string of the molecule is COCCNC(=S)N1CCc2cc(OC)c(OC)cc2[C@H]1COc1ccccc1OC. The van der Waals surface area contributed by atoms with Crippen molar-refractivity contribution in [1.29, 1.82) is 0 Å². The van der Waals surface area contributed by atoms with Gasteiger partial charge in [0, 0.05) is 20.2 Å². The van der Waals surface area contributed by atoms with Crippen LogP contribution >= 0.6 is 12.2 Å². The fourth-order valence-electron chi connectivity index (χ4n) is 3.72. The fourth-order valence-corrected chi connectivity index (χ4v) is 4.04. The maximum absolute atomic E-state index is 6.21. The molecular weight excluding hydrogens is 416 g/mol. The molecule has 1 heterocycles. The Morgan fingerprint density at radius 1 is 1.00 bits per heavy atom. The van der Waals surface area contributed by atoms with Gasteiger partial charge in [-0.1, -0.05) is 12.1 Å². The number of nitrogens with one attached hydrogen (secondary N) is 1. The van der Waals surface area contributed by atoms with Gasteiger partial charge in [0.25, 0.3) is 0 Å². The summed E-state index contributed by atoms with van der Waals surface area (Å²) in [6.45, 7) is 2.39. The Balaban J connectivity index is 1.91. The van der Waals surface area contributed by atoms with Crippen LogP contribution < -0.4 is 24.3 Å². The molecule has 1 aliphatic rings. The molecule has 0 fully saturated rings. The molecule has 3 rings (SSSR count). The molecule has 0 amide bonds. The van der Waals surface area contributed by atoms with Crippen molar-refractivity contribution in [2.24, 2.45) is 0 Å². The Morgan fingerprint density at radius 3 is 2.35 bits per heavy atom. The summed E-state index contributed by atoms with van der Waals surface area (Å²) in [5, 5.41) is 3.95. The van der Waals surface area contributed by atoms with E-state index in [2.05, 4.69) is 10.2 Å². The van der Waals surface area contributed by atoms with Gasteiger partial charge in [-0.3, -0.25) is 0 Å². The van der Waals surface area contributed by atoms with E-state index in [1.807, 2.05) is 36.4 Å². The van der Waals surface area contributed by atoms with E-state index in [9.17, 15) is 0 Å². The van der Waals surface area contributed by atoms with Crippen molar-refractivity contribution in [2.75, 3.05) is 54.7 Å². The number of rotatable bonds is 9. The van der Waals surface area contributed by atoms with E-state index in [4.69, 9.17) is 35.9 Å². The Labute approximate surface area is 189 Å². The molecule has 1 aliphatic heterocycles. The third-order valence-corrected chi connectivity index (χ3v) is 5.69. The molecule has 1 atom stereocenters.